The van der Waals surface area contributed by atoms with Crippen LogP contribution in [0.15, 0.2) is 12.8 Å². The molecule has 1 rings (SSSR count). The van der Waals surface area contributed by atoms with Crippen LogP contribution < -0.4 is 0 Å². The minimum Gasteiger partial charge on any atom is -0.435 e. The molecule has 1 fully saturated rings. The van der Waals surface area contributed by atoms with E-state index in [9.17, 15) is 4.79 Å². The van der Waals surface area contributed by atoms with Crippen LogP contribution >= 0.6 is 0 Å². The van der Waals surface area contributed by atoms with Crippen molar-refractivity contribution in [3.05, 3.63) is 12.8 Å². The monoisotopic (exact) mass is 169 g/mol. The first-order valence-electron chi connectivity index (χ1n) is 4.24. The van der Waals surface area contributed by atoms with E-state index in [0.717, 1.165) is 25.9 Å². The van der Waals surface area contributed by atoms with E-state index in [1.807, 2.05) is 7.05 Å². The molecule has 0 aromatic heterocycles. The van der Waals surface area contributed by atoms with Gasteiger partial charge in [0.2, 0.25) is 0 Å². The summed E-state index contributed by atoms with van der Waals surface area (Å²) in [5, 5.41) is 0. The highest BCUT2D eigenvalue weighted by Gasteiger charge is 2.24. The molecule has 0 radical (unpaired) electrons. The number of hydrogen-bond donors (Lipinski definition) is 0. The van der Waals surface area contributed by atoms with Gasteiger partial charge in [-0.05, 0) is 26.4 Å². The Morgan fingerprint density at radius 3 is 3.08 bits per heavy atom. The van der Waals surface area contributed by atoms with E-state index in [1.165, 1.54) is 6.26 Å². The van der Waals surface area contributed by atoms with Crippen LogP contribution in [0, 0.1) is 5.92 Å². The van der Waals surface area contributed by atoms with Gasteiger partial charge in [0.05, 0.1) is 12.2 Å². The van der Waals surface area contributed by atoms with Gasteiger partial charge in [-0.15, -0.1) is 0 Å². The topological polar surface area (TPSA) is 29.5 Å². The van der Waals surface area contributed by atoms with E-state index in [1.54, 1.807) is 0 Å². The van der Waals surface area contributed by atoms with E-state index in [0.29, 0.717) is 0 Å². The molecule has 1 aliphatic heterocycles. The molecule has 0 spiro atoms. The maximum Gasteiger partial charge on any atom is 0.315 e. The molecule has 0 saturated carbocycles. The second-order valence-electron chi connectivity index (χ2n) is 3.20. The summed E-state index contributed by atoms with van der Waals surface area (Å²) in [6.45, 7) is 5.25. The summed E-state index contributed by atoms with van der Waals surface area (Å²) in [5.41, 5.74) is 0. The molecule has 68 valence electrons. The van der Waals surface area contributed by atoms with Crippen LogP contribution in [0.5, 0.6) is 0 Å². The lowest BCUT2D eigenvalue weighted by atomic mass is 9.99. The Kier molecular flexibility index (Phi) is 3.29. The second kappa shape index (κ2) is 4.26. The Morgan fingerprint density at radius 2 is 2.50 bits per heavy atom. The van der Waals surface area contributed by atoms with Gasteiger partial charge in [0.1, 0.15) is 0 Å². The Labute approximate surface area is 73.0 Å². The number of piperidine rings is 1. The molecule has 0 bridgehead atoms. The fourth-order valence-electron chi connectivity index (χ4n) is 1.54. The summed E-state index contributed by atoms with van der Waals surface area (Å²) in [5.74, 6) is -0.0988. The first-order chi connectivity index (χ1) is 5.74. The minimum atomic E-state index is -0.142. The highest BCUT2D eigenvalue weighted by Crippen LogP contribution is 2.16. The predicted octanol–water partition coefficient (Wildman–Crippen LogP) is 1.01. The summed E-state index contributed by atoms with van der Waals surface area (Å²) in [6.07, 6.45) is 3.22. The number of ether oxygens (including phenoxy) is 1. The van der Waals surface area contributed by atoms with Gasteiger partial charge in [-0.1, -0.05) is 6.58 Å². The molecule has 3 heteroatoms. The highest BCUT2D eigenvalue weighted by molar-refractivity contribution is 5.73. The van der Waals surface area contributed by atoms with Crippen molar-refractivity contribution in [2.45, 2.75) is 12.8 Å². The van der Waals surface area contributed by atoms with Crippen molar-refractivity contribution in [2.24, 2.45) is 5.92 Å². The van der Waals surface area contributed by atoms with Crippen LogP contribution in [0.3, 0.4) is 0 Å². The molecule has 0 amide bonds. The van der Waals surface area contributed by atoms with Gasteiger partial charge < -0.3 is 9.64 Å². The zero-order chi connectivity index (χ0) is 8.97. The smallest absolute Gasteiger partial charge is 0.315 e. The number of rotatable bonds is 2. The van der Waals surface area contributed by atoms with Crippen molar-refractivity contribution < 1.29 is 9.53 Å². The number of carbonyl (C=O) groups excluding carboxylic acids is 1. The lowest BCUT2D eigenvalue weighted by Crippen LogP contribution is -2.36. The maximum absolute atomic E-state index is 11.2. The van der Waals surface area contributed by atoms with Gasteiger partial charge in [0, 0.05) is 6.54 Å². The maximum atomic E-state index is 11.2. The van der Waals surface area contributed by atoms with Gasteiger partial charge in [-0.25, -0.2) is 0 Å². The van der Waals surface area contributed by atoms with E-state index >= 15 is 0 Å². The van der Waals surface area contributed by atoms with Crippen LogP contribution in [-0.2, 0) is 9.53 Å². The van der Waals surface area contributed by atoms with Crippen molar-refractivity contribution >= 4 is 5.97 Å². The standard InChI is InChI=1S/C9H15NO2/c1-3-12-9(11)8-5-4-6-10(2)7-8/h3,8H,1,4-7H2,2H3. The molecule has 0 aliphatic carbocycles. The predicted molar refractivity (Wildman–Crippen MR) is 46.5 cm³/mol. The van der Waals surface area contributed by atoms with Gasteiger partial charge in [-0.3, -0.25) is 4.79 Å². The summed E-state index contributed by atoms with van der Waals surface area (Å²) in [4.78, 5) is 13.4. The zero-order valence-corrected chi connectivity index (χ0v) is 7.45. The van der Waals surface area contributed by atoms with Crippen molar-refractivity contribution in [3.63, 3.8) is 0 Å². The minimum absolute atomic E-state index is 0.0433. The van der Waals surface area contributed by atoms with Crippen molar-refractivity contribution in [3.8, 4) is 0 Å². The van der Waals surface area contributed by atoms with Crippen molar-refractivity contribution in [2.75, 3.05) is 20.1 Å². The first kappa shape index (κ1) is 9.26. The average Bonchev–Trinajstić information content (AvgIpc) is 2.05. The normalized spacial score (nSPS) is 24.9. The van der Waals surface area contributed by atoms with Crippen LogP contribution in [-0.4, -0.2) is 31.0 Å². The molecule has 12 heavy (non-hydrogen) atoms. The molecule has 3 nitrogen and oxygen atoms in total. The molecule has 0 N–H and O–H groups in total. The van der Waals surface area contributed by atoms with Crippen LogP contribution in [0.25, 0.3) is 0 Å². The van der Waals surface area contributed by atoms with Crippen LogP contribution in [0.2, 0.25) is 0 Å². The number of esters is 1. The summed E-state index contributed by atoms with van der Waals surface area (Å²) >= 11 is 0. The molecule has 1 atom stereocenters. The zero-order valence-electron chi connectivity index (χ0n) is 7.45. The Morgan fingerprint density at radius 1 is 1.75 bits per heavy atom. The van der Waals surface area contributed by atoms with Crippen LogP contribution in [0.1, 0.15) is 12.8 Å². The Balaban J connectivity index is 2.39. The SMILES string of the molecule is C=COC(=O)C1CCCN(C)C1. The van der Waals surface area contributed by atoms with E-state index in [-0.39, 0.29) is 11.9 Å². The van der Waals surface area contributed by atoms with Gasteiger partial charge in [-0.2, -0.15) is 0 Å². The highest BCUT2D eigenvalue weighted by atomic mass is 16.5. The van der Waals surface area contributed by atoms with Gasteiger partial charge in [0.25, 0.3) is 0 Å². The molecule has 0 aromatic carbocycles. The summed E-state index contributed by atoms with van der Waals surface area (Å²) < 4.78 is 4.73. The molecule has 1 aliphatic rings. The lowest BCUT2D eigenvalue weighted by Gasteiger charge is -2.27. The molecule has 1 heterocycles. The number of carbonyl (C=O) groups is 1. The van der Waals surface area contributed by atoms with Gasteiger partial charge in [0.15, 0.2) is 0 Å². The molecule has 1 unspecified atom stereocenters. The lowest BCUT2D eigenvalue weighted by molar-refractivity contribution is -0.144. The fraction of sp³-hybridized carbons (Fsp3) is 0.667. The average molecular weight is 169 g/mol. The largest absolute Gasteiger partial charge is 0.435 e. The van der Waals surface area contributed by atoms with E-state index < -0.39 is 0 Å². The van der Waals surface area contributed by atoms with Crippen LogP contribution in [0.4, 0.5) is 0 Å². The van der Waals surface area contributed by atoms with E-state index in [2.05, 4.69) is 11.5 Å². The molecule has 1 saturated heterocycles. The van der Waals surface area contributed by atoms with Gasteiger partial charge >= 0.3 is 5.97 Å². The first-order valence-corrected chi connectivity index (χ1v) is 4.24. The van der Waals surface area contributed by atoms with Crippen molar-refractivity contribution in [1.82, 2.24) is 4.90 Å². The van der Waals surface area contributed by atoms with E-state index in [4.69, 9.17) is 4.74 Å². The molecular formula is C9H15NO2. The Bertz CT molecular complexity index is 179. The fourth-order valence-corrected chi connectivity index (χ4v) is 1.54. The molecular weight excluding hydrogens is 154 g/mol. The number of hydrogen-bond acceptors (Lipinski definition) is 3. The third-order valence-electron chi connectivity index (χ3n) is 2.16. The number of nitrogens with zero attached hydrogens (tertiary/aromatic N) is 1. The third kappa shape index (κ3) is 2.34. The molecule has 0 aromatic rings. The second-order valence-corrected chi connectivity index (χ2v) is 3.20. The summed E-state index contributed by atoms with van der Waals surface area (Å²) in [6, 6.07) is 0. The quantitative estimate of drug-likeness (QED) is 0.456. The Hall–Kier alpha value is -0.830. The van der Waals surface area contributed by atoms with Crippen molar-refractivity contribution in [1.29, 1.82) is 0 Å². The summed E-state index contributed by atoms with van der Waals surface area (Å²) in [7, 11) is 2.02. The number of likely N-dealkylation sites (tertiary alicyclic amines) is 1. The third-order valence-corrected chi connectivity index (χ3v) is 2.16.